The maximum atomic E-state index is 12.3. The number of piperidine rings is 1. The highest BCUT2D eigenvalue weighted by Gasteiger charge is 2.37. The van der Waals surface area contributed by atoms with Crippen molar-refractivity contribution in [1.29, 1.82) is 0 Å². The van der Waals surface area contributed by atoms with Crippen molar-refractivity contribution in [2.24, 2.45) is 4.99 Å². The number of carbonyl (C=O) groups excluding carboxylic acids is 2. The summed E-state index contributed by atoms with van der Waals surface area (Å²) in [7, 11) is 0. The smallest absolute Gasteiger partial charge is 0.410 e. The summed E-state index contributed by atoms with van der Waals surface area (Å²) < 4.78 is 5.38. The molecule has 2 aromatic rings. The summed E-state index contributed by atoms with van der Waals surface area (Å²) in [5.41, 5.74) is 1.34. The van der Waals surface area contributed by atoms with E-state index in [0.717, 1.165) is 11.1 Å². The van der Waals surface area contributed by atoms with Crippen LogP contribution in [-0.2, 0) is 21.7 Å². The van der Waals surface area contributed by atoms with Gasteiger partial charge in [-0.05, 0) is 24.0 Å². The molecule has 1 amide bonds. The number of carbonyl (C=O) groups is 1. The predicted octanol–water partition coefficient (Wildman–Crippen LogP) is 3.65. The Labute approximate surface area is 146 Å². The van der Waals surface area contributed by atoms with Crippen molar-refractivity contribution in [1.82, 2.24) is 4.90 Å². The zero-order valence-corrected chi connectivity index (χ0v) is 13.9. The molecule has 0 N–H and O–H groups in total. The number of nitrogens with zero attached hydrogens (tertiary/aromatic N) is 2. The standard InChI is InChI=1S/C20H20N2O3/c23-16-21-20(18-9-5-2-6-10-18)11-13-22(14-12-20)19(24)25-15-17-7-3-1-4-8-17/h1-10H,11-15H2. The van der Waals surface area contributed by atoms with Crippen molar-refractivity contribution >= 4 is 12.2 Å². The molecule has 0 unspecified atom stereocenters. The van der Waals surface area contributed by atoms with Crippen LogP contribution in [0.25, 0.3) is 0 Å². The van der Waals surface area contributed by atoms with Gasteiger partial charge in [0.25, 0.3) is 0 Å². The quantitative estimate of drug-likeness (QED) is 0.632. The third-order valence-electron chi connectivity index (χ3n) is 4.62. The van der Waals surface area contributed by atoms with Crippen molar-refractivity contribution in [3.63, 3.8) is 0 Å². The Morgan fingerprint density at radius 2 is 1.64 bits per heavy atom. The topological polar surface area (TPSA) is 59.0 Å². The molecule has 0 bridgehead atoms. The SMILES string of the molecule is O=C=NC1(c2ccccc2)CCN(C(=O)OCc2ccccc2)CC1. The predicted molar refractivity (Wildman–Crippen MR) is 93.7 cm³/mol. The van der Waals surface area contributed by atoms with Crippen molar-refractivity contribution in [2.75, 3.05) is 13.1 Å². The lowest BCUT2D eigenvalue weighted by Gasteiger charge is -2.38. The molecule has 0 spiro atoms. The number of amides is 1. The molecule has 25 heavy (non-hydrogen) atoms. The van der Waals surface area contributed by atoms with Gasteiger partial charge in [0.1, 0.15) is 12.1 Å². The first-order valence-electron chi connectivity index (χ1n) is 8.34. The molecule has 0 radical (unpaired) electrons. The van der Waals surface area contributed by atoms with Gasteiger partial charge in [0.15, 0.2) is 0 Å². The van der Waals surface area contributed by atoms with Gasteiger partial charge >= 0.3 is 6.09 Å². The molecule has 0 saturated carbocycles. The van der Waals surface area contributed by atoms with Crippen LogP contribution >= 0.6 is 0 Å². The van der Waals surface area contributed by atoms with Crippen LogP contribution in [0, 0.1) is 0 Å². The van der Waals surface area contributed by atoms with Crippen LogP contribution in [0.5, 0.6) is 0 Å². The maximum absolute atomic E-state index is 12.3. The number of hydrogen-bond acceptors (Lipinski definition) is 4. The number of likely N-dealkylation sites (tertiary alicyclic amines) is 1. The molecule has 1 heterocycles. The highest BCUT2D eigenvalue weighted by molar-refractivity contribution is 5.67. The van der Waals surface area contributed by atoms with Crippen molar-refractivity contribution < 1.29 is 14.3 Å². The maximum Gasteiger partial charge on any atom is 0.410 e. The molecule has 1 aliphatic rings. The lowest BCUT2D eigenvalue weighted by Crippen LogP contribution is -2.44. The molecule has 0 aromatic heterocycles. The van der Waals surface area contributed by atoms with Gasteiger partial charge in [-0.15, -0.1) is 0 Å². The largest absolute Gasteiger partial charge is 0.445 e. The molecule has 5 nitrogen and oxygen atoms in total. The fourth-order valence-corrected chi connectivity index (χ4v) is 3.17. The third-order valence-corrected chi connectivity index (χ3v) is 4.62. The van der Waals surface area contributed by atoms with E-state index in [9.17, 15) is 9.59 Å². The van der Waals surface area contributed by atoms with Crippen LogP contribution in [-0.4, -0.2) is 30.2 Å². The molecule has 2 aromatic carbocycles. The second kappa shape index (κ2) is 7.77. The van der Waals surface area contributed by atoms with Crippen LogP contribution in [0.4, 0.5) is 4.79 Å². The Balaban J connectivity index is 1.62. The van der Waals surface area contributed by atoms with Crippen LogP contribution in [0.2, 0.25) is 0 Å². The molecule has 1 saturated heterocycles. The molecule has 3 rings (SSSR count). The van der Waals surface area contributed by atoms with Gasteiger partial charge < -0.3 is 9.64 Å². The van der Waals surface area contributed by atoms with Crippen LogP contribution in [0.15, 0.2) is 65.7 Å². The number of ether oxygens (including phenoxy) is 1. The molecular formula is C20H20N2O3. The molecule has 0 atom stereocenters. The fourth-order valence-electron chi connectivity index (χ4n) is 3.17. The molecule has 128 valence electrons. The first-order chi connectivity index (χ1) is 12.2. The van der Waals surface area contributed by atoms with Crippen molar-refractivity contribution in [2.45, 2.75) is 25.0 Å². The normalized spacial score (nSPS) is 15.9. The van der Waals surface area contributed by atoms with E-state index in [1.54, 1.807) is 11.0 Å². The summed E-state index contributed by atoms with van der Waals surface area (Å²) in [6.45, 7) is 1.24. The van der Waals surface area contributed by atoms with E-state index in [2.05, 4.69) is 4.99 Å². The summed E-state index contributed by atoms with van der Waals surface area (Å²) in [5.74, 6) is 0. The van der Waals surface area contributed by atoms with E-state index in [0.29, 0.717) is 25.9 Å². The average Bonchev–Trinajstić information content (AvgIpc) is 2.68. The molecule has 1 aliphatic heterocycles. The number of benzene rings is 2. The number of rotatable bonds is 4. The summed E-state index contributed by atoms with van der Waals surface area (Å²) in [6, 6.07) is 19.3. The van der Waals surface area contributed by atoms with Crippen LogP contribution < -0.4 is 0 Å². The molecule has 1 fully saturated rings. The summed E-state index contributed by atoms with van der Waals surface area (Å²) in [5, 5.41) is 0. The Morgan fingerprint density at radius 1 is 1.04 bits per heavy atom. The summed E-state index contributed by atoms with van der Waals surface area (Å²) >= 11 is 0. The van der Waals surface area contributed by atoms with Crippen LogP contribution in [0.1, 0.15) is 24.0 Å². The first-order valence-corrected chi connectivity index (χ1v) is 8.34. The number of hydrogen-bond donors (Lipinski definition) is 0. The van der Waals surface area contributed by atoms with Gasteiger partial charge in [-0.1, -0.05) is 60.7 Å². The van der Waals surface area contributed by atoms with E-state index >= 15 is 0 Å². The van der Waals surface area contributed by atoms with Gasteiger partial charge in [0, 0.05) is 13.1 Å². The number of isocyanates is 1. The minimum Gasteiger partial charge on any atom is -0.445 e. The second-order valence-electron chi connectivity index (χ2n) is 6.13. The van der Waals surface area contributed by atoms with Crippen molar-refractivity contribution in [3.8, 4) is 0 Å². The van der Waals surface area contributed by atoms with Gasteiger partial charge in [0.2, 0.25) is 6.08 Å². The fraction of sp³-hybridized carbons (Fsp3) is 0.300. The molecule has 0 aliphatic carbocycles. The van der Waals surface area contributed by atoms with E-state index in [1.165, 1.54) is 0 Å². The van der Waals surface area contributed by atoms with E-state index < -0.39 is 5.54 Å². The number of aliphatic imine (C=N–C) groups is 1. The zero-order valence-electron chi connectivity index (χ0n) is 13.9. The minimum absolute atomic E-state index is 0.256. The van der Waals surface area contributed by atoms with Gasteiger partial charge in [-0.3, -0.25) is 0 Å². The van der Waals surface area contributed by atoms with E-state index in [4.69, 9.17) is 4.74 Å². The first kappa shape index (κ1) is 16.9. The lowest BCUT2D eigenvalue weighted by molar-refractivity contribution is 0.0782. The van der Waals surface area contributed by atoms with Crippen molar-refractivity contribution in [3.05, 3.63) is 71.8 Å². The molecular weight excluding hydrogens is 316 g/mol. The summed E-state index contributed by atoms with van der Waals surface area (Å²) in [6.07, 6.45) is 2.53. The average molecular weight is 336 g/mol. The van der Waals surface area contributed by atoms with Crippen LogP contribution in [0.3, 0.4) is 0 Å². The van der Waals surface area contributed by atoms with Gasteiger partial charge in [-0.25, -0.2) is 9.59 Å². The highest BCUT2D eigenvalue weighted by atomic mass is 16.6. The van der Waals surface area contributed by atoms with E-state index in [-0.39, 0.29) is 12.7 Å². The third kappa shape index (κ3) is 3.95. The lowest BCUT2D eigenvalue weighted by atomic mass is 9.81. The van der Waals surface area contributed by atoms with E-state index in [1.807, 2.05) is 60.7 Å². The second-order valence-corrected chi connectivity index (χ2v) is 6.13. The highest BCUT2D eigenvalue weighted by Crippen LogP contribution is 2.36. The Morgan fingerprint density at radius 3 is 2.24 bits per heavy atom. The zero-order chi connectivity index (χ0) is 17.5. The Hall–Kier alpha value is -2.91. The Kier molecular flexibility index (Phi) is 5.26. The minimum atomic E-state index is -0.598. The molecule has 5 heteroatoms. The Bertz CT molecular complexity index is 747. The van der Waals surface area contributed by atoms with Gasteiger partial charge in [0.05, 0.1) is 0 Å². The van der Waals surface area contributed by atoms with Gasteiger partial charge in [-0.2, -0.15) is 4.99 Å². The monoisotopic (exact) mass is 336 g/mol. The summed E-state index contributed by atoms with van der Waals surface area (Å²) in [4.78, 5) is 29.0.